The number of nitrogens with one attached hydrogen (secondary N) is 1. The fraction of sp³-hybridized carbons (Fsp3) is 0.278. The molecule has 0 spiro atoms. The van der Waals surface area contributed by atoms with Crippen molar-refractivity contribution in [2.24, 2.45) is 5.73 Å². The van der Waals surface area contributed by atoms with Gasteiger partial charge >= 0.3 is 0 Å². The maximum Gasteiger partial charge on any atom is 0.268 e. The van der Waals surface area contributed by atoms with E-state index < -0.39 is 5.91 Å². The molecule has 2 amide bonds. The van der Waals surface area contributed by atoms with Crippen molar-refractivity contribution >= 4 is 28.4 Å². The quantitative estimate of drug-likeness (QED) is 0.596. The molecule has 0 saturated carbocycles. The lowest BCUT2D eigenvalue weighted by Gasteiger charge is -2.16. The van der Waals surface area contributed by atoms with Crippen molar-refractivity contribution in [3.8, 4) is 0 Å². The highest BCUT2D eigenvalue weighted by atomic mass is 16.3. The number of nitrogens with two attached hydrogens (primary N) is 1. The predicted octanol–water partition coefficient (Wildman–Crippen LogP) is 1.52. The number of fused-ring (bicyclic) bond motifs is 1. The van der Waals surface area contributed by atoms with E-state index in [1.165, 1.54) is 13.3 Å². The van der Waals surface area contributed by atoms with Gasteiger partial charge in [-0.05, 0) is 30.0 Å². The van der Waals surface area contributed by atoms with E-state index in [0.717, 1.165) is 16.6 Å². The van der Waals surface area contributed by atoms with Crippen LogP contribution in [0.2, 0.25) is 0 Å². The molecule has 0 aliphatic rings. The van der Waals surface area contributed by atoms with Crippen molar-refractivity contribution in [2.45, 2.75) is 25.9 Å². The SMILES string of the molecule is CC(=O)Nc1ccc2ccn(CC[C@H](CO)n3cnc(C(N)=O)c3)c2c1. The molecule has 2 heterocycles. The molecule has 0 fully saturated rings. The van der Waals surface area contributed by atoms with E-state index in [0.29, 0.717) is 13.0 Å². The molecule has 3 aromatic rings. The fourth-order valence-electron chi connectivity index (χ4n) is 2.95. The van der Waals surface area contributed by atoms with Crippen LogP contribution in [0.3, 0.4) is 0 Å². The van der Waals surface area contributed by atoms with Crippen LogP contribution in [0.1, 0.15) is 29.9 Å². The minimum absolute atomic E-state index is 0.0785. The Bertz CT molecular complexity index is 943. The summed E-state index contributed by atoms with van der Waals surface area (Å²) in [5.41, 5.74) is 7.13. The Morgan fingerprint density at radius 2 is 2.15 bits per heavy atom. The summed E-state index contributed by atoms with van der Waals surface area (Å²) in [7, 11) is 0. The number of imidazole rings is 1. The van der Waals surface area contributed by atoms with Crippen molar-refractivity contribution in [1.29, 1.82) is 0 Å². The monoisotopic (exact) mass is 355 g/mol. The second-order valence-electron chi connectivity index (χ2n) is 6.16. The number of carbonyl (C=O) groups excluding carboxylic acids is 2. The molecule has 0 aliphatic carbocycles. The van der Waals surface area contributed by atoms with E-state index in [1.54, 1.807) is 10.8 Å². The smallest absolute Gasteiger partial charge is 0.268 e. The van der Waals surface area contributed by atoms with Gasteiger partial charge in [0.2, 0.25) is 5.91 Å². The summed E-state index contributed by atoms with van der Waals surface area (Å²) >= 11 is 0. The van der Waals surface area contributed by atoms with Gasteiger partial charge in [-0.25, -0.2) is 4.98 Å². The van der Waals surface area contributed by atoms with Crippen molar-refractivity contribution < 1.29 is 14.7 Å². The van der Waals surface area contributed by atoms with Gasteiger partial charge in [-0.1, -0.05) is 6.07 Å². The van der Waals surface area contributed by atoms with Crippen LogP contribution in [0.15, 0.2) is 43.0 Å². The normalized spacial score (nSPS) is 12.2. The lowest BCUT2D eigenvalue weighted by Crippen LogP contribution is -2.15. The first-order valence-corrected chi connectivity index (χ1v) is 8.28. The Hall–Kier alpha value is -3.13. The first-order valence-electron chi connectivity index (χ1n) is 8.28. The Morgan fingerprint density at radius 1 is 1.35 bits per heavy atom. The Labute approximate surface area is 150 Å². The third kappa shape index (κ3) is 3.75. The van der Waals surface area contributed by atoms with E-state index >= 15 is 0 Å². The molecule has 1 aromatic carbocycles. The van der Waals surface area contributed by atoms with E-state index in [2.05, 4.69) is 14.9 Å². The number of benzene rings is 1. The number of rotatable bonds is 7. The molecule has 0 unspecified atom stereocenters. The first kappa shape index (κ1) is 17.7. The van der Waals surface area contributed by atoms with Gasteiger partial charge in [-0.2, -0.15) is 0 Å². The molecule has 1 atom stereocenters. The second-order valence-corrected chi connectivity index (χ2v) is 6.16. The summed E-state index contributed by atoms with van der Waals surface area (Å²) < 4.78 is 3.77. The number of aliphatic hydroxyl groups excluding tert-OH is 1. The molecule has 2 aromatic heterocycles. The highest BCUT2D eigenvalue weighted by Crippen LogP contribution is 2.22. The lowest BCUT2D eigenvalue weighted by molar-refractivity contribution is -0.114. The largest absolute Gasteiger partial charge is 0.394 e. The third-order valence-corrected chi connectivity index (χ3v) is 4.28. The number of amides is 2. The van der Waals surface area contributed by atoms with Gasteiger partial charge in [-0.15, -0.1) is 0 Å². The molecule has 3 rings (SSSR count). The average Bonchev–Trinajstić information content (AvgIpc) is 3.22. The summed E-state index contributed by atoms with van der Waals surface area (Å²) in [5, 5.41) is 13.5. The van der Waals surface area contributed by atoms with E-state index in [4.69, 9.17) is 5.73 Å². The maximum atomic E-state index is 11.2. The molecule has 8 heteroatoms. The number of carbonyl (C=O) groups is 2. The molecule has 0 bridgehead atoms. The van der Waals surface area contributed by atoms with Crippen LogP contribution in [0.5, 0.6) is 0 Å². The fourth-order valence-corrected chi connectivity index (χ4v) is 2.95. The predicted molar refractivity (Wildman–Crippen MR) is 97.7 cm³/mol. The summed E-state index contributed by atoms with van der Waals surface area (Å²) in [5.74, 6) is -0.712. The Kier molecular flexibility index (Phi) is 5.04. The highest BCUT2D eigenvalue weighted by molar-refractivity contribution is 5.92. The zero-order valence-corrected chi connectivity index (χ0v) is 14.4. The Balaban J connectivity index is 1.76. The van der Waals surface area contributed by atoms with Gasteiger partial charge < -0.3 is 25.3 Å². The molecule has 4 N–H and O–H groups in total. The molecule has 0 saturated heterocycles. The van der Waals surface area contributed by atoms with Crippen molar-refractivity contribution in [3.05, 3.63) is 48.7 Å². The van der Waals surface area contributed by atoms with Gasteiger partial charge in [0.15, 0.2) is 0 Å². The first-order chi connectivity index (χ1) is 12.5. The van der Waals surface area contributed by atoms with Crippen LogP contribution in [0, 0.1) is 0 Å². The minimum Gasteiger partial charge on any atom is -0.394 e. The summed E-state index contributed by atoms with van der Waals surface area (Å²) in [4.78, 5) is 26.4. The van der Waals surface area contributed by atoms with Crippen molar-refractivity contribution in [3.63, 3.8) is 0 Å². The molecule has 0 aliphatic heterocycles. The van der Waals surface area contributed by atoms with E-state index in [-0.39, 0.29) is 24.2 Å². The van der Waals surface area contributed by atoms with E-state index in [9.17, 15) is 14.7 Å². The molecule has 136 valence electrons. The third-order valence-electron chi connectivity index (χ3n) is 4.28. The topological polar surface area (TPSA) is 115 Å². The van der Waals surface area contributed by atoms with Crippen LogP contribution in [-0.4, -0.2) is 37.6 Å². The number of anilines is 1. The van der Waals surface area contributed by atoms with E-state index in [1.807, 2.05) is 30.5 Å². The summed E-state index contributed by atoms with van der Waals surface area (Å²) in [6.45, 7) is 2.05. The van der Waals surface area contributed by atoms with Crippen molar-refractivity contribution in [2.75, 3.05) is 11.9 Å². The van der Waals surface area contributed by atoms with Crippen LogP contribution >= 0.6 is 0 Å². The lowest BCUT2D eigenvalue weighted by atomic mass is 10.2. The van der Waals surface area contributed by atoms with Crippen LogP contribution in [0.25, 0.3) is 10.9 Å². The Morgan fingerprint density at radius 3 is 2.81 bits per heavy atom. The zero-order chi connectivity index (χ0) is 18.7. The molecular formula is C18H21N5O3. The summed E-state index contributed by atoms with van der Waals surface area (Å²) in [6.07, 6.45) is 5.66. The van der Waals surface area contributed by atoms with Gasteiger partial charge in [0, 0.05) is 31.5 Å². The number of hydrogen-bond acceptors (Lipinski definition) is 4. The van der Waals surface area contributed by atoms with Gasteiger partial charge in [0.1, 0.15) is 5.69 Å². The molecule has 0 radical (unpaired) electrons. The number of aromatic nitrogens is 3. The van der Waals surface area contributed by atoms with Crippen LogP contribution in [0.4, 0.5) is 5.69 Å². The number of hydrogen-bond donors (Lipinski definition) is 3. The highest BCUT2D eigenvalue weighted by Gasteiger charge is 2.14. The molecule has 8 nitrogen and oxygen atoms in total. The zero-order valence-electron chi connectivity index (χ0n) is 14.4. The maximum absolute atomic E-state index is 11.2. The van der Waals surface area contributed by atoms with Crippen LogP contribution < -0.4 is 11.1 Å². The number of primary amides is 1. The standard InChI is InChI=1S/C18H21N5O3/c1-12(25)21-14-3-2-13-4-6-22(17(13)8-14)7-5-15(10-24)23-9-16(18(19)26)20-11-23/h2-4,6,8-9,11,15,24H,5,7,10H2,1H3,(H2,19,26)(H,21,25)/t15-/m1/s1. The van der Waals surface area contributed by atoms with Crippen molar-refractivity contribution in [1.82, 2.24) is 14.1 Å². The van der Waals surface area contributed by atoms with Gasteiger partial charge in [-0.3, -0.25) is 9.59 Å². The minimum atomic E-state index is -0.595. The second kappa shape index (κ2) is 7.40. The number of aryl methyl sites for hydroxylation is 1. The number of aliphatic hydroxyl groups is 1. The van der Waals surface area contributed by atoms with Crippen LogP contribution in [-0.2, 0) is 11.3 Å². The van der Waals surface area contributed by atoms with Gasteiger partial charge in [0.05, 0.1) is 24.5 Å². The number of nitrogens with zero attached hydrogens (tertiary/aromatic N) is 3. The van der Waals surface area contributed by atoms with Gasteiger partial charge in [0.25, 0.3) is 5.91 Å². The average molecular weight is 355 g/mol. The molecule has 26 heavy (non-hydrogen) atoms. The molecular weight excluding hydrogens is 334 g/mol. The summed E-state index contributed by atoms with van der Waals surface area (Å²) in [6, 6.07) is 7.53.